The van der Waals surface area contributed by atoms with Gasteiger partial charge in [-0.1, -0.05) is 0 Å². The molecule has 2 heterocycles. The van der Waals surface area contributed by atoms with Crippen molar-refractivity contribution in [3.8, 4) is 5.75 Å². The average molecular weight is 330 g/mol. The number of nitrogens with one attached hydrogen (secondary N) is 2. The van der Waals surface area contributed by atoms with E-state index in [2.05, 4.69) is 20.1 Å². The van der Waals surface area contributed by atoms with Crippen molar-refractivity contribution in [3.05, 3.63) is 42.0 Å². The maximum atomic E-state index is 12.6. The first kappa shape index (κ1) is 14.0. The van der Waals surface area contributed by atoms with Gasteiger partial charge in [-0.15, -0.1) is 0 Å². The van der Waals surface area contributed by atoms with E-state index in [4.69, 9.17) is 4.74 Å². The summed E-state index contributed by atoms with van der Waals surface area (Å²) in [6.07, 6.45) is 1.72. The van der Waals surface area contributed by atoms with E-state index < -0.39 is 10.0 Å². The third kappa shape index (κ3) is 2.61. The molecule has 0 saturated carbocycles. The summed E-state index contributed by atoms with van der Waals surface area (Å²) in [5.74, 6) is 0.763. The standard InChI is InChI=1S/C15H14N4O3S/c20-23(21,12-4-6-15-10(8-12)2-1-7-22-15)18-11-3-5-13-14(9-11)17-19-16-13/h3-6,8-9,18H,1-2,7H2,(H,16,17,19). The summed E-state index contributed by atoms with van der Waals surface area (Å²) in [5.41, 5.74) is 2.65. The number of nitrogens with zero attached hydrogens (tertiary/aromatic N) is 2. The number of rotatable bonds is 3. The fourth-order valence-electron chi connectivity index (χ4n) is 2.62. The Hall–Kier alpha value is -2.61. The molecule has 0 saturated heterocycles. The van der Waals surface area contributed by atoms with Crippen LogP contribution in [-0.2, 0) is 16.4 Å². The molecule has 1 aliphatic rings. The number of aromatic nitrogens is 3. The molecule has 2 N–H and O–H groups in total. The van der Waals surface area contributed by atoms with Gasteiger partial charge in [0.2, 0.25) is 0 Å². The normalized spacial score (nSPS) is 14.3. The molecule has 118 valence electrons. The van der Waals surface area contributed by atoms with Gasteiger partial charge >= 0.3 is 0 Å². The first-order chi connectivity index (χ1) is 11.1. The van der Waals surface area contributed by atoms with Crippen LogP contribution in [0.5, 0.6) is 5.75 Å². The molecule has 3 aromatic rings. The van der Waals surface area contributed by atoms with E-state index in [0.29, 0.717) is 23.3 Å². The molecule has 8 heteroatoms. The van der Waals surface area contributed by atoms with Gasteiger partial charge in [0.05, 0.1) is 17.2 Å². The van der Waals surface area contributed by atoms with Crippen molar-refractivity contribution >= 4 is 26.7 Å². The number of hydrogen-bond donors (Lipinski definition) is 2. The highest BCUT2D eigenvalue weighted by atomic mass is 32.2. The van der Waals surface area contributed by atoms with E-state index in [9.17, 15) is 8.42 Å². The zero-order chi connectivity index (χ0) is 15.9. The molecule has 0 aliphatic carbocycles. The summed E-state index contributed by atoms with van der Waals surface area (Å²) in [4.78, 5) is 0.224. The highest BCUT2D eigenvalue weighted by Gasteiger charge is 2.18. The van der Waals surface area contributed by atoms with Gasteiger partial charge in [0.25, 0.3) is 10.0 Å². The van der Waals surface area contributed by atoms with Crippen molar-refractivity contribution in [2.24, 2.45) is 0 Å². The van der Waals surface area contributed by atoms with E-state index in [0.717, 1.165) is 24.2 Å². The Morgan fingerprint density at radius 2 is 1.96 bits per heavy atom. The Balaban J connectivity index is 1.66. The predicted octanol–water partition coefficient (Wildman–Crippen LogP) is 2.08. The molecule has 0 fully saturated rings. The molecule has 0 unspecified atom stereocenters. The number of H-pyrrole nitrogens is 1. The highest BCUT2D eigenvalue weighted by molar-refractivity contribution is 7.92. The summed E-state index contributed by atoms with van der Waals surface area (Å²) in [6.45, 7) is 0.676. The Bertz CT molecular complexity index is 981. The van der Waals surface area contributed by atoms with Crippen LogP contribution < -0.4 is 9.46 Å². The highest BCUT2D eigenvalue weighted by Crippen LogP contribution is 2.28. The minimum Gasteiger partial charge on any atom is -0.493 e. The second-order valence-corrected chi connectivity index (χ2v) is 7.04. The number of anilines is 1. The van der Waals surface area contributed by atoms with E-state index in [1.807, 2.05) is 0 Å². The van der Waals surface area contributed by atoms with Crippen LogP contribution in [-0.4, -0.2) is 30.4 Å². The zero-order valence-electron chi connectivity index (χ0n) is 12.1. The van der Waals surface area contributed by atoms with Crippen molar-refractivity contribution in [2.75, 3.05) is 11.3 Å². The van der Waals surface area contributed by atoms with Crippen molar-refractivity contribution < 1.29 is 13.2 Å². The number of hydrogen-bond acceptors (Lipinski definition) is 5. The molecule has 0 amide bonds. The number of sulfonamides is 1. The fourth-order valence-corrected chi connectivity index (χ4v) is 3.72. The number of ether oxygens (including phenoxy) is 1. The number of fused-ring (bicyclic) bond motifs is 2. The number of aryl methyl sites for hydroxylation is 1. The van der Waals surface area contributed by atoms with E-state index in [1.165, 1.54) is 0 Å². The van der Waals surface area contributed by atoms with Crippen LogP contribution in [0.15, 0.2) is 41.3 Å². The molecule has 7 nitrogen and oxygen atoms in total. The quantitative estimate of drug-likeness (QED) is 0.766. The zero-order valence-corrected chi connectivity index (χ0v) is 12.9. The molecule has 0 radical (unpaired) electrons. The smallest absolute Gasteiger partial charge is 0.261 e. The molecule has 1 aromatic heterocycles. The number of benzene rings is 2. The summed E-state index contributed by atoms with van der Waals surface area (Å²) in [5, 5.41) is 10.4. The monoisotopic (exact) mass is 330 g/mol. The second-order valence-electron chi connectivity index (χ2n) is 5.35. The van der Waals surface area contributed by atoms with E-state index >= 15 is 0 Å². The van der Waals surface area contributed by atoms with Crippen LogP contribution in [0.4, 0.5) is 5.69 Å². The topological polar surface area (TPSA) is 97.0 Å². The van der Waals surface area contributed by atoms with Gasteiger partial charge in [-0.3, -0.25) is 4.72 Å². The van der Waals surface area contributed by atoms with Crippen molar-refractivity contribution in [1.29, 1.82) is 0 Å². The summed E-state index contributed by atoms with van der Waals surface area (Å²) in [6, 6.07) is 9.94. The number of aromatic amines is 1. The first-order valence-corrected chi connectivity index (χ1v) is 8.69. The second kappa shape index (κ2) is 5.24. The van der Waals surface area contributed by atoms with Crippen LogP contribution in [0.25, 0.3) is 11.0 Å². The van der Waals surface area contributed by atoms with E-state index in [1.54, 1.807) is 36.4 Å². The van der Waals surface area contributed by atoms with Crippen LogP contribution in [0.3, 0.4) is 0 Å². The van der Waals surface area contributed by atoms with Gasteiger partial charge < -0.3 is 4.74 Å². The lowest BCUT2D eigenvalue weighted by Crippen LogP contribution is -2.15. The minimum atomic E-state index is -3.66. The van der Waals surface area contributed by atoms with Gasteiger partial charge in [-0.2, -0.15) is 15.4 Å². The molecular formula is C15H14N4O3S. The van der Waals surface area contributed by atoms with Crippen molar-refractivity contribution in [2.45, 2.75) is 17.7 Å². The average Bonchev–Trinajstić information content (AvgIpc) is 3.01. The van der Waals surface area contributed by atoms with Gasteiger partial charge in [-0.05, 0) is 54.8 Å². The summed E-state index contributed by atoms with van der Waals surface area (Å²) < 4.78 is 33.2. The Morgan fingerprint density at radius 1 is 1.09 bits per heavy atom. The Morgan fingerprint density at radius 3 is 2.87 bits per heavy atom. The summed E-state index contributed by atoms with van der Waals surface area (Å²) >= 11 is 0. The molecule has 0 spiro atoms. The van der Waals surface area contributed by atoms with Gasteiger partial charge in [0, 0.05) is 0 Å². The molecule has 4 rings (SSSR count). The third-order valence-electron chi connectivity index (χ3n) is 3.76. The molecule has 2 aromatic carbocycles. The Labute approximate surface area is 132 Å². The molecule has 23 heavy (non-hydrogen) atoms. The van der Waals surface area contributed by atoms with E-state index in [-0.39, 0.29) is 4.90 Å². The van der Waals surface area contributed by atoms with Crippen LogP contribution >= 0.6 is 0 Å². The van der Waals surface area contributed by atoms with Crippen LogP contribution in [0, 0.1) is 0 Å². The summed E-state index contributed by atoms with van der Waals surface area (Å²) in [7, 11) is -3.66. The maximum Gasteiger partial charge on any atom is 0.261 e. The van der Waals surface area contributed by atoms with Crippen molar-refractivity contribution in [1.82, 2.24) is 15.4 Å². The molecular weight excluding hydrogens is 316 g/mol. The molecule has 0 atom stereocenters. The van der Waals surface area contributed by atoms with Gasteiger partial charge in [0.15, 0.2) is 0 Å². The van der Waals surface area contributed by atoms with Gasteiger partial charge in [0.1, 0.15) is 16.8 Å². The Kier molecular flexibility index (Phi) is 3.19. The lowest BCUT2D eigenvalue weighted by Gasteiger charge is -2.18. The third-order valence-corrected chi connectivity index (χ3v) is 5.14. The lowest BCUT2D eigenvalue weighted by molar-refractivity contribution is 0.288. The van der Waals surface area contributed by atoms with Gasteiger partial charge in [-0.25, -0.2) is 8.42 Å². The van der Waals surface area contributed by atoms with Crippen molar-refractivity contribution in [3.63, 3.8) is 0 Å². The fraction of sp³-hybridized carbons (Fsp3) is 0.200. The predicted molar refractivity (Wildman–Crippen MR) is 85.0 cm³/mol. The lowest BCUT2D eigenvalue weighted by atomic mass is 10.1. The van der Waals surface area contributed by atoms with Crippen LogP contribution in [0.1, 0.15) is 12.0 Å². The SMILES string of the molecule is O=S(=O)(Nc1ccc2n[nH]nc2c1)c1ccc2c(c1)CCCO2. The maximum absolute atomic E-state index is 12.6. The molecule has 1 aliphatic heterocycles. The first-order valence-electron chi connectivity index (χ1n) is 7.21. The molecule has 0 bridgehead atoms. The largest absolute Gasteiger partial charge is 0.493 e. The minimum absolute atomic E-state index is 0.224. The van der Waals surface area contributed by atoms with Crippen LogP contribution in [0.2, 0.25) is 0 Å².